The van der Waals surface area contributed by atoms with Crippen LogP contribution in [0.1, 0.15) is 0 Å². The van der Waals surface area contributed by atoms with Crippen LogP contribution < -0.4 is 5.73 Å². The van der Waals surface area contributed by atoms with Gasteiger partial charge in [0.15, 0.2) is 9.84 Å². The van der Waals surface area contributed by atoms with Crippen LogP contribution in [0.15, 0.2) is 73.3 Å². The summed E-state index contributed by atoms with van der Waals surface area (Å²) in [5.74, 6) is 0. The number of benzene rings is 2. The first-order valence-electron chi connectivity index (χ1n) is 7.03. The highest BCUT2D eigenvalue weighted by Crippen LogP contribution is 2.31. The molecule has 0 fully saturated rings. The highest BCUT2D eigenvalue weighted by Gasteiger charge is 2.20. The van der Waals surface area contributed by atoms with Crippen molar-refractivity contribution in [2.45, 2.75) is 14.7 Å². The van der Waals surface area contributed by atoms with E-state index >= 15 is 0 Å². The fourth-order valence-electron chi connectivity index (χ4n) is 1.98. The largest absolute Gasteiger partial charge is 0.398 e. The monoisotopic (exact) mass is 447 g/mol. The van der Waals surface area contributed by atoms with Crippen molar-refractivity contribution in [2.75, 3.05) is 5.73 Å². The SMILES string of the molecule is C=CS(=O)(=O)c1ccc(N=Nc2ccc(N)c(S(=O)(=O)O)c2)c(S(=O)(=O)O)c1. The molecule has 11 nitrogen and oxygen atoms in total. The van der Waals surface area contributed by atoms with Crippen molar-refractivity contribution in [3.05, 3.63) is 48.4 Å². The number of nitrogens with zero attached hydrogens (tertiary/aromatic N) is 2. The highest BCUT2D eigenvalue weighted by molar-refractivity contribution is 7.94. The quantitative estimate of drug-likeness (QED) is 0.337. The van der Waals surface area contributed by atoms with Gasteiger partial charge >= 0.3 is 0 Å². The van der Waals surface area contributed by atoms with Gasteiger partial charge in [-0.25, -0.2) is 8.42 Å². The molecule has 28 heavy (non-hydrogen) atoms. The van der Waals surface area contributed by atoms with E-state index in [4.69, 9.17) is 10.3 Å². The van der Waals surface area contributed by atoms with E-state index in [1.165, 1.54) is 6.07 Å². The Balaban J connectivity index is 2.60. The number of nitrogens with two attached hydrogens (primary N) is 1. The van der Waals surface area contributed by atoms with Crippen LogP contribution >= 0.6 is 0 Å². The lowest BCUT2D eigenvalue weighted by atomic mass is 10.3. The molecule has 0 aliphatic carbocycles. The molecule has 4 N–H and O–H groups in total. The Bertz CT molecular complexity index is 1300. The predicted octanol–water partition coefficient (Wildman–Crippen LogP) is 2.09. The molecule has 0 saturated heterocycles. The Kier molecular flexibility index (Phi) is 5.72. The molecule has 150 valence electrons. The van der Waals surface area contributed by atoms with Crippen molar-refractivity contribution >= 4 is 47.1 Å². The van der Waals surface area contributed by atoms with E-state index in [9.17, 15) is 29.8 Å². The van der Waals surface area contributed by atoms with Crippen LogP contribution in [0.25, 0.3) is 0 Å². The zero-order valence-electron chi connectivity index (χ0n) is 13.8. The number of sulfone groups is 1. The molecule has 2 rings (SSSR count). The van der Waals surface area contributed by atoms with E-state index in [0.717, 1.165) is 24.3 Å². The fourth-order valence-corrected chi connectivity index (χ4v) is 4.07. The van der Waals surface area contributed by atoms with E-state index in [0.29, 0.717) is 11.5 Å². The van der Waals surface area contributed by atoms with Crippen LogP contribution in [0.4, 0.5) is 17.1 Å². The molecule has 0 unspecified atom stereocenters. The molecule has 0 atom stereocenters. The van der Waals surface area contributed by atoms with Crippen molar-refractivity contribution in [2.24, 2.45) is 10.2 Å². The second-order valence-corrected chi connectivity index (χ2v) is 9.89. The minimum atomic E-state index is -4.88. The third-order valence-corrected chi connectivity index (χ3v) is 6.45. The van der Waals surface area contributed by atoms with E-state index in [1.807, 2.05) is 0 Å². The van der Waals surface area contributed by atoms with Gasteiger partial charge in [-0.05, 0) is 36.4 Å². The molecule has 0 heterocycles. The second kappa shape index (κ2) is 7.40. The first kappa shape index (κ1) is 21.6. The summed E-state index contributed by atoms with van der Waals surface area (Å²) in [7, 11) is -13.5. The minimum absolute atomic E-state index is 0.120. The van der Waals surface area contributed by atoms with Crippen LogP contribution in [0.3, 0.4) is 0 Å². The predicted molar refractivity (Wildman–Crippen MR) is 98.5 cm³/mol. The molecule has 14 heteroatoms. The summed E-state index contributed by atoms with van der Waals surface area (Å²) in [4.78, 5) is -1.92. The average Bonchev–Trinajstić information content (AvgIpc) is 2.59. The summed E-state index contributed by atoms with van der Waals surface area (Å²) in [5, 5.41) is 7.82. The average molecular weight is 447 g/mol. The van der Waals surface area contributed by atoms with Gasteiger partial charge in [-0.3, -0.25) is 9.11 Å². The molecule has 0 aliphatic heterocycles. The Hall–Kier alpha value is -2.65. The first-order valence-corrected chi connectivity index (χ1v) is 11.5. The maximum absolute atomic E-state index is 11.8. The summed E-state index contributed by atoms with van der Waals surface area (Å²) in [6.45, 7) is 3.11. The van der Waals surface area contributed by atoms with Crippen LogP contribution in [-0.2, 0) is 30.1 Å². The molecule has 0 radical (unpaired) electrons. The van der Waals surface area contributed by atoms with Crippen LogP contribution in [0, 0.1) is 0 Å². The van der Waals surface area contributed by atoms with Gasteiger partial charge in [0.1, 0.15) is 15.5 Å². The second-order valence-electron chi connectivity index (χ2n) is 5.21. The Morgan fingerprint density at radius 1 is 0.857 bits per heavy atom. The minimum Gasteiger partial charge on any atom is -0.398 e. The Labute approximate surface area is 160 Å². The number of hydrogen-bond acceptors (Lipinski definition) is 9. The van der Waals surface area contributed by atoms with Gasteiger partial charge in [0.25, 0.3) is 20.2 Å². The van der Waals surface area contributed by atoms with E-state index in [-0.39, 0.29) is 11.4 Å². The summed E-state index contributed by atoms with van der Waals surface area (Å²) in [6, 6.07) is 5.92. The summed E-state index contributed by atoms with van der Waals surface area (Å²) in [6.07, 6.45) is 0. The smallest absolute Gasteiger partial charge is 0.296 e. The topological polar surface area (TPSA) is 194 Å². The van der Waals surface area contributed by atoms with Crippen LogP contribution in [0.2, 0.25) is 0 Å². The van der Waals surface area contributed by atoms with E-state index in [2.05, 4.69) is 16.8 Å². The van der Waals surface area contributed by atoms with Gasteiger partial charge in [-0.15, -0.1) is 5.11 Å². The molecular weight excluding hydrogens is 434 g/mol. The lowest BCUT2D eigenvalue weighted by Gasteiger charge is -2.05. The fraction of sp³-hybridized carbons (Fsp3) is 0. The lowest BCUT2D eigenvalue weighted by Crippen LogP contribution is -2.02. The first-order chi connectivity index (χ1) is 12.8. The molecule has 2 aromatic rings. The van der Waals surface area contributed by atoms with Crippen LogP contribution in [-0.4, -0.2) is 34.4 Å². The zero-order valence-corrected chi connectivity index (χ0v) is 16.2. The molecule has 0 aromatic heterocycles. The van der Waals surface area contributed by atoms with E-state index < -0.39 is 50.4 Å². The number of hydrogen-bond donors (Lipinski definition) is 3. The number of rotatable bonds is 6. The third kappa shape index (κ3) is 4.79. The van der Waals surface area contributed by atoms with Crippen molar-refractivity contribution in [3.63, 3.8) is 0 Å². The molecule has 0 bridgehead atoms. The number of azo groups is 1. The molecule has 2 aromatic carbocycles. The summed E-state index contributed by atoms with van der Waals surface area (Å²) in [5.41, 5.74) is 4.65. The maximum atomic E-state index is 11.8. The maximum Gasteiger partial charge on any atom is 0.296 e. The number of anilines is 1. The van der Waals surface area contributed by atoms with Crippen molar-refractivity contribution < 1.29 is 34.4 Å². The third-order valence-electron chi connectivity index (χ3n) is 3.31. The van der Waals surface area contributed by atoms with E-state index in [1.54, 1.807) is 0 Å². The van der Waals surface area contributed by atoms with Gasteiger partial charge in [0.05, 0.1) is 16.3 Å². The van der Waals surface area contributed by atoms with Gasteiger partial charge in [0.2, 0.25) is 0 Å². The normalized spacial score (nSPS) is 12.9. The van der Waals surface area contributed by atoms with Gasteiger partial charge < -0.3 is 5.73 Å². The van der Waals surface area contributed by atoms with Gasteiger partial charge in [-0.1, -0.05) is 6.58 Å². The van der Waals surface area contributed by atoms with Crippen molar-refractivity contribution in [1.82, 2.24) is 0 Å². The molecule has 0 amide bonds. The standard InChI is InChI=1S/C14H13N3O8S3/c1-2-26(18,19)10-4-6-12(14(8-10)28(23,24)25)17-16-9-3-5-11(15)13(7-9)27(20,21)22/h2-8H,1,15H2,(H,20,21,22)(H,23,24,25). The summed E-state index contributed by atoms with van der Waals surface area (Å²) >= 11 is 0. The van der Waals surface area contributed by atoms with Crippen molar-refractivity contribution in [3.8, 4) is 0 Å². The number of nitrogen functional groups attached to an aromatic ring is 1. The van der Waals surface area contributed by atoms with Gasteiger partial charge in [0, 0.05) is 5.41 Å². The Morgan fingerprint density at radius 3 is 2.00 bits per heavy atom. The molecular formula is C14H13N3O8S3. The highest BCUT2D eigenvalue weighted by atomic mass is 32.2. The Morgan fingerprint density at radius 2 is 1.46 bits per heavy atom. The zero-order chi connectivity index (χ0) is 21.3. The molecule has 0 saturated carbocycles. The lowest BCUT2D eigenvalue weighted by molar-refractivity contribution is 0.481. The molecule has 0 aliphatic rings. The van der Waals surface area contributed by atoms with Crippen LogP contribution in [0.5, 0.6) is 0 Å². The summed E-state index contributed by atoms with van der Waals surface area (Å²) < 4.78 is 87.7. The molecule has 0 spiro atoms. The van der Waals surface area contributed by atoms with Crippen molar-refractivity contribution in [1.29, 1.82) is 0 Å². The van der Waals surface area contributed by atoms with Gasteiger partial charge in [-0.2, -0.15) is 21.9 Å².